The van der Waals surface area contributed by atoms with Gasteiger partial charge in [0.05, 0.1) is 24.1 Å². The third kappa shape index (κ3) is 2.40. The smallest absolute Gasteiger partial charge is 0.211 e. The van der Waals surface area contributed by atoms with Crippen molar-refractivity contribution in [2.75, 3.05) is 11.9 Å². The van der Waals surface area contributed by atoms with Gasteiger partial charge in [0.2, 0.25) is 5.13 Å². The highest BCUT2D eigenvalue weighted by Crippen LogP contribution is 2.22. The molecule has 2 aromatic rings. The minimum Gasteiger partial charge on any atom is -0.313 e. The number of hydrogen-bond donors (Lipinski definition) is 2. The molecule has 0 amide bonds. The van der Waals surface area contributed by atoms with Gasteiger partial charge in [-0.2, -0.15) is 0 Å². The molecule has 1 unspecified atom stereocenters. The Labute approximate surface area is 103 Å². The molecule has 6 nitrogen and oxygen atoms in total. The zero-order chi connectivity index (χ0) is 11.5. The monoisotopic (exact) mass is 248 g/mol. The number of nitrogens with one attached hydrogen (secondary N) is 2. The van der Waals surface area contributed by atoms with Gasteiger partial charge in [0.1, 0.15) is 5.51 Å². The van der Waals surface area contributed by atoms with Crippen molar-refractivity contribution >= 4 is 22.3 Å². The number of aromatic nitrogens is 4. The minimum absolute atomic E-state index is 0.332. The predicted octanol–water partition coefficient (Wildman–Crippen LogP) is 1.50. The molecule has 17 heavy (non-hydrogen) atoms. The molecule has 88 valence electrons. The molecule has 0 radical (unpaired) electrons. The minimum atomic E-state index is 0.332. The summed E-state index contributed by atoms with van der Waals surface area (Å²) >= 11 is 1.44. The van der Waals surface area contributed by atoms with E-state index in [2.05, 4.69) is 30.8 Å². The molecule has 2 N–H and O–H groups in total. The second-order valence-corrected chi connectivity index (χ2v) is 4.68. The molecule has 1 saturated heterocycles. The maximum Gasteiger partial charge on any atom is 0.211 e. The van der Waals surface area contributed by atoms with Crippen LogP contribution in [-0.2, 0) is 0 Å². The van der Waals surface area contributed by atoms with Crippen molar-refractivity contribution in [3.63, 3.8) is 0 Å². The Bertz CT molecular complexity index is 479. The van der Waals surface area contributed by atoms with E-state index in [0.717, 1.165) is 23.8 Å². The van der Waals surface area contributed by atoms with Gasteiger partial charge < -0.3 is 10.6 Å². The Hall–Kier alpha value is -1.60. The Morgan fingerprint density at radius 3 is 3.18 bits per heavy atom. The number of rotatable bonds is 3. The van der Waals surface area contributed by atoms with E-state index in [1.807, 2.05) is 6.20 Å². The molecule has 0 aromatic carbocycles. The molecule has 2 aromatic heterocycles. The summed E-state index contributed by atoms with van der Waals surface area (Å²) in [6.45, 7) is 1.06. The third-order valence-corrected chi connectivity index (χ3v) is 3.27. The highest BCUT2D eigenvalue weighted by molar-refractivity contribution is 7.13. The number of hydrogen-bond acceptors (Lipinski definition) is 7. The summed E-state index contributed by atoms with van der Waals surface area (Å²) in [5, 5.41) is 14.9. The first-order valence-electron chi connectivity index (χ1n) is 5.50. The first-order valence-corrected chi connectivity index (χ1v) is 6.38. The van der Waals surface area contributed by atoms with Gasteiger partial charge in [0.25, 0.3) is 0 Å². The molecule has 0 saturated carbocycles. The lowest BCUT2D eigenvalue weighted by molar-refractivity contribution is 0.625. The van der Waals surface area contributed by atoms with Crippen LogP contribution in [0.2, 0.25) is 0 Å². The Kier molecular flexibility index (Phi) is 2.93. The largest absolute Gasteiger partial charge is 0.313 e. The van der Waals surface area contributed by atoms with Crippen LogP contribution in [0.4, 0.5) is 10.9 Å². The third-order valence-electron chi connectivity index (χ3n) is 2.67. The zero-order valence-electron chi connectivity index (χ0n) is 9.13. The van der Waals surface area contributed by atoms with E-state index in [-0.39, 0.29) is 0 Å². The molecule has 3 heterocycles. The van der Waals surface area contributed by atoms with E-state index in [9.17, 15) is 0 Å². The first kappa shape index (κ1) is 10.5. The summed E-state index contributed by atoms with van der Waals surface area (Å²) < 4.78 is 0. The van der Waals surface area contributed by atoms with Gasteiger partial charge in [-0.1, -0.05) is 11.3 Å². The van der Waals surface area contributed by atoms with Crippen LogP contribution < -0.4 is 10.6 Å². The predicted molar refractivity (Wildman–Crippen MR) is 65.2 cm³/mol. The zero-order valence-corrected chi connectivity index (χ0v) is 9.94. The summed E-state index contributed by atoms with van der Waals surface area (Å²) in [6, 6.07) is 0.332. The highest BCUT2D eigenvalue weighted by atomic mass is 32.1. The maximum atomic E-state index is 4.53. The summed E-state index contributed by atoms with van der Waals surface area (Å²) in [4.78, 5) is 8.73. The van der Waals surface area contributed by atoms with Crippen molar-refractivity contribution in [2.24, 2.45) is 0 Å². The molecule has 0 aliphatic carbocycles. The van der Waals surface area contributed by atoms with Gasteiger partial charge in [-0.15, -0.1) is 10.2 Å². The van der Waals surface area contributed by atoms with Crippen molar-refractivity contribution in [2.45, 2.75) is 18.9 Å². The molecular weight excluding hydrogens is 236 g/mol. The van der Waals surface area contributed by atoms with Gasteiger partial charge in [0.15, 0.2) is 5.82 Å². The van der Waals surface area contributed by atoms with Gasteiger partial charge in [0, 0.05) is 0 Å². The van der Waals surface area contributed by atoms with Crippen molar-refractivity contribution < 1.29 is 0 Å². The van der Waals surface area contributed by atoms with E-state index in [1.54, 1.807) is 11.7 Å². The standard InChI is InChI=1S/C10H12N6S/c1-2-7(12-3-1)8-4-11-5-9(14-8)15-10-16-13-6-17-10/h4-7,12H,1-3H2,(H,14,15,16). The number of nitrogens with zero attached hydrogens (tertiary/aromatic N) is 4. The summed E-state index contributed by atoms with van der Waals surface area (Å²) in [7, 11) is 0. The number of anilines is 2. The van der Waals surface area contributed by atoms with Crippen molar-refractivity contribution in [1.82, 2.24) is 25.5 Å². The molecule has 1 fully saturated rings. The van der Waals surface area contributed by atoms with E-state index < -0.39 is 0 Å². The van der Waals surface area contributed by atoms with E-state index in [4.69, 9.17) is 0 Å². The van der Waals surface area contributed by atoms with E-state index in [0.29, 0.717) is 11.9 Å². The van der Waals surface area contributed by atoms with Crippen molar-refractivity contribution in [3.8, 4) is 0 Å². The lowest BCUT2D eigenvalue weighted by Gasteiger charge is -2.10. The van der Waals surface area contributed by atoms with Crippen LogP contribution in [0.25, 0.3) is 0 Å². The van der Waals surface area contributed by atoms with Crippen LogP contribution in [0.1, 0.15) is 24.6 Å². The maximum absolute atomic E-state index is 4.53. The highest BCUT2D eigenvalue weighted by Gasteiger charge is 2.18. The Balaban J connectivity index is 1.78. The lowest BCUT2D eigenvalue weighted by Crippen LogP contribution is -2.15. The fourth-order valence-electron chi connectivity index (χ4n) is 1.88. The fraction of sp³-hybridized carbons (Fsp3) is 0.400. The summed E-state index contributed by atoms with van der Waals surface area (Å²) in [6.07, 6.45) is 5.82. The molecule has 0 bridgehead atoms. The molecular formula is C10H12N6S. The van der Waals surface area contributed by atoms with Gasteiger partial charge in [-0.25, -0.2) is 4.98 Å². The molecule has 1 aliphatic heterocycles. The van der Waals surface area contributed by atoms with E-state index >= 15 is 0 Å². The second-order valence-electron chi connectivity index (χ2n) is 3.85. The molecule has 1 atom stereocenters. The SMILES string of the molecule is c1nnc(Nc2cncc(C3CCCN3)n2)s1. The summed E-state index contributed by atoms with van der Waals surface area (Å²) in [5.74, 6) is 0.716. The summed E-state index contributed by atoms with van der Waals surface area (Å²) in [5.41, 5.74) is 2.66. The van der Waals surface area contributed by atoms with Gasteiger partial charge in [-0.3, -0.25) is 4.98 Å². The van der Waals surface area contributed by atoms with Gasteiger partial charge >= 0.3 is 0 Å². The van der Waals surface area contributed by atoms with Gasteiger partial charge in [-0.05, 0) is 19.4 Å². The average molecular weight is 248 g/mol. The normalized spacial score (nSPS) is 19.4. The van der Waals surface area contributed by atoms with Crippen LogP contribution in [-0.4, -0.2) is 26.7 Å². The fourth-order valence-corrected chi connectivity index (χ4v) is 2.34. The quantitative estimate of drug-likeness (QED) is 0.857. The van der Waals surface area contributed by atoms with Crippen LogP contribution in [0.3, 0.4) is 0 Å². The molecule has 1 aliphatic rings. The molecule has 7 heteroatoms. The average Bonchev–Trinajstić information content (AvgIpc) is 3.01. The topological polar surface area (TPSA) is 75.6 Å². The lowest BCUT2D eigenvalue weighted by atomic mass is 10.2. The second kappa shape index (κ2) is 4.72. The van der Waals surface area contributed by atoms with Crippen molar-refractivity contribution in [3.05, 3.63) is 23.6 Å². The molecule has 3 rings (SSSR count). The Morgan fingerprint density at radius 1 is 1.41 bits per heavy atom. The van der Waals surface area contributed by atoms with Crippen LogP contribution >= 0.6 is 11.3 Å². The Morgan fingerprint density at radius 2 is 2.41 bits per heavy atom. The van der Waals surface area contributed by atoms with Crippen LogP contribution in [0, 0.1) is 0 Å². The van der Waals surface area contributed by atoms with E-state index in [1.165, 1.54) is 17.8 Å². The first-order chi connectivity index (χ1) is 8.42. The molecule has 0 spiro atoms. The van der Waals surface area contributed by atoms with Crippen LogP contribution in [0.5, 0.6) is 0 Å². The van der Waals surface area contributed by atoms with Crippen molar-refractivity contribution in [1.29, 1.82) is 0 Å². The van der Waals surface area contributed by atoms with Crippen LogP contribution in [0.15, 0.2) is 17.9 Å².